The molecule has 0 fully saturated rings. The van der Waals surface area contributed by atoms with Gasteiger partial charge in [0, 0.05) is 21.2 Å². The Morgan fingerprint density at radius 3 is 2.62 bits per heavy atom. The lowest BCUT2D eigenvalue weighted by atomic mass is 10.1. The zero-order chi connectivity index (χ0) is 14.8. The highest BCUT2D eigenvalue weighted by atomic mass is 35.5. The summed E-state index contributed by atoms with van der Waals surface area (Å²) in [6.07, 6.45) is 2.12. The van der Waals surface area contributed by atoms with Crippen LogP contribution in [0, 0.1) is 0 Å². The molecule has 0 amide bonds. The van der Waals surface area contributed by atoms with Crippen molar-refractivity contribution in [3.05, 3.63) is 47.2 Å². The van der Waals surface area contributed by atoms with Gasteiger partial charge in [-0.3, -0.25) is 0 Å². The Hall–Kier alpha value is -1.51. The van der Waals surface area contributed by atoms with E-state index in [-0.39, 0.29) is 6.04 Å². The summed E-state index contributed by atoms with van der Waals surface area (Å²) < 4.78 is 6.17. The molecule has 2 aromatic carbocycles. The second-order valence-corrected chi connectivity index (χ2v) is 5.79. The monoisotopic (exact) mass is 301 g/mol. The smallest absolute Gasteiger partial charge is 0.142 e. The van der Waals surface area contributed by atoms with E-state index < -0.39 is 0 Å². The van der Waals surface area contributed by atoms with Crippen LogP contribution >= 0.6 is 11.6 Å². The fourth-order valence-corrected chi connectivity index (χ4v) is 3.07. The quantitative estimate of drug-likeness (QED) is 0.655. The number of hydrogen-bond acceptors (Lipinski definition) is 2. The lowest BCUT2D eigenvalue weighted by molar-refractivity contribution is 0.422. The summed E-state index contributed by atoms with van der Waals surface area (Å²) >= 11 is 6.39. The van der Waals surface area contributed by atoms with Gasteiger partial charge in [0.15, 0.2) is 0 Å². The highest BCUT2D eigenvalue weighted by Crippen LogP contribution is 2.35. The Balaban J connectivity index is 2.13. The van der Waals surface area contributed by atoms with Crippen molar-refractivity contribution in [2.75, 3.05) is 6.54 Å². The molecule has 2 nitrogen and oxygen atoms in total. The molecule has 3 aromatic rings. The first kappa shape index (κ1) is 14.4. The Morgan fingerprint density at radius 2 is 1.90 bits per heavy atom. The molecule has 1 N–H and O–H groups in total. The molecule has 0 aliphatic rings. The third-order valence-electron chi connectivity index (χ3n) is 3.88. The van der Waals surface area contributed by atoms with Gasteiger partial charge in [0.05, 0.1) is 6.04 Å². The predicted molar refractivity (Wildman–Crippen MR) is 90.1 cm³/mol. The van der Waals surface area contributed by atoms with Crippen LogP contribution in [-0.2, 0) is 0 Å². The van der Waals surface area contributed by atoms with Crippen LogP contribution in [0.3, 0.4) is 0 Å². The van der Waals surface area contributed by atoms with Gasteiger partial charge < -0.3 is 9.73 Å². The fourth-order valence-electron chi connectivity index (χ4n) is 2.78. The van der Waals surface area contributed by atoms with Crippen molar-refractivity contribution in [3.8, 4) is 0 Å². The van der Waals surface area contributed by atoms with E-state index in [1.807, 2.05) is 24.3 Å². The molecule has 0 aliphatic carbocycles. The molecule has 1 unspecified atom stereocenters. The van der Waals surface area contributed by atoms with Gasteiger partial charge in [-0.15, -0.1) is 0 Å². The van der Waals surface area contributed by atoms with Gasteiger partial charge in [0.2, 0.25) is 0 Å². The molecule has 0 saturated carbocycles. The lowest BCUT2D eigenvalue weighted by Crippen LogP contribution is -2.20. The minimum Gasteiger partial charge on any atom is -0.459 e. The number of benzene rings is 2. The topological polar surface area (TPSA) is 25.2 Å². The van der Waals surface area contributed by atoms with Crippen molar-refractivity contribution in [2.24, 2.45) is 0 Å². The summed E-state index contributed by atoms with van der Waals surface area (Å²) in [5.41, 5.74) is 0.932. The molecule has 21 heavy (non-hydrogen) atoms. The SMILES string of the molecule is CCCNC(CC)c1cc2cc(Cl)c3ccccc3c2o1. The molecule has 0 saturated heterocycles. The average molecular weight is 302 g/mol. The summed E-state index contributed by atoms with van der Waals surface area (Å²) in [5, 5.41) is 7.51. The van der Waals surface area contributed by atoms with E-state index in [1.54, 1.807) is 0 Å². The van der Waals surface area contributed by atoms with Crippen molar-refractivity contribution in [2.45, 2.75) is 32.7 Å². The van der Waals surface area contributed by atoms with Crippen molar-refractivity contribution in [1.82, 2.24) is 5.32 Å². The summed E-state index contributed by atoms with van der Waals surface area (Å²) in [4.78, 5) is 0. The predicted octanol–water partition coefficient (Wildman–Crippen LogP) is 5.69. The van der Waals surface area contributed by atoms with Gasteiger partial charge in [-0.1, -0.05) is 49.7 Å². The number of nitrogens with one attached hydrogen (secondary N) is 1. The van der Waals surface area contributed by atoms with Crippen LogP contribution < -0.4 is 5.32 Å². The van der Waals surface area contributed by atoms with Crippen LogP contribution in [0.15, 0.2) is 40.8 Å². The van der Waals surface area contributed by atoms with Crippen molar-refractivity contribution >= 4 is 33.3 Å². The van der Waals surface area contributed by atoms with E-state index in [0.717, 1.165) is 51.9 Å². The summed E-state index contributed by atoms with van der Waals surface area (Å²) in [7, 11) is 0. The second-order valence-electron chi connectivity index (χ2n) is 5.39. The van der Waals surface area contributed by atoms with Crippen LogP contribution in [0.4, 0.5) is 0 Å². The highest BCUT2D eigenvalue weighted by molar-refractivity contribution is 6.37. The molecule has 3 rings (SSSR count). The van der Waals surface area contributed by atoms with E-state index >= 15 is 0 Å². The van der Waals surface area contributed by atoms with Crippen molar-refractivity contribution < 1.29 is 4.42 Å². The molecule has 1 aromatic heterocycles. The third-order valence-corrected chi connectivity index (χ3v) is 4.20. The Morgan fingerprint density at radius 1 is 1.14 bits per heavy atom. The number of halogens is 1. The van der Waals surface area contributed by atoms with Crippen LogP contribution in [-0.4, -0.2) is 6.54 Å². The zero-order valence-corrected chi connectivity index (χ0v) is 13.2. The van der Waals surface area contributed by atoms with Gasteiger partial charge >= 0.3 is 0 Å². The number of rotatable bonds is 5. The molecule has 110 valence electrons. The standard InChI is InChI=1S/C18H20ClNO/c1-3-9-20-16(4-2)17-11-12-10-15(19)13-7-5-6-8-14(13)18(12)21-17/h5-8,10-11,16,20H,3-4,9H2,1-2H3. The molecule has 0 bridgehead atoms. The zero-order valence-electron chi connectivity index (χ0n) is 12.4. The minimum atomic E-state index is 0.259. The van der Waals surface area contributed by atoms with Gasteiger partial charge in [-0.25, -0.2) is 0 Å². The van der Waals surface area contributed by atoms with Crippen LogP contribution in [0.5, 0.6) is 0 Å². The Labute approximate surface area is 130 Å². The first-order valence-corrected chi connectivity index (χ1v) is 7.96. The highest BCUT2D eigenvalue weighted by Gasteiger charge is 2.16. The maximum absolute atomic E-state index is 6.39. The van der Waals surface area contributed by atoms with Gasteiger partial charge in [-0.05, 0) is 31.5 Å². The van der Waals surface area contributed by atoms with Gasteiger partial charge in [-0.2, -0.15) is 0 Å². The average Bonchev–Trinajstić information content (AvgIpc) is 2.92. The number of hydrogen-bond donors (Lipinski definition) is 1. The molecule has 0 radical (unpaired) electrons. The van der Waals surface area contributed by atoms with Gasteiger partial charge in [0.1, 0.15) is 11.3 Å². The maximum Gasteiger partial charge on any atom is 0.142 e. The maximum atomic E-state index is 6.39. The molecule has 0 spiro atoms. The van der Waals surface area contributed by atoms with Crippen molar-refractivity contribution in [1.29, 1.82) is 0 Å². The molecule has 3 heteroatoms. The van der Waals surface area contributed by atoms with E-state index in [9.17, 15) is 0 Å². The third kappa shape index (κ3) is 2.66. The van der Waals surface area contributed by atoms with E-state index in [0.29, 0.717) is 0 Å². The van der Waals surface area contributed by atoms with E-state index in [4.69, 9.17) is 16.0 Å². The lowest BCUT2D eigenvalue weighted by Gasteiger charge is -2.13. The summed E-state index contributed by atoms with van der Waals surface area (Å²) in [5.74, 6) is 0.994. The molecule has 1 atom stereocenters. The first-order valence-electron chi connectivity index (χ1n) is 7.58. The van der Waals surface area contributed by atoms with Crippen LogP contribution in [0.25, 0.3) is 21.7 Å². The largest absolute Gasteiger partial charge is 0.459 e. The number of furan rings is 1. The summed E-state index contributed by atoms with van der Waals surface area (Å²) in [6.45, 7) is 5.34. The Kier molecular flexibility index (Phi) is 4.18. The normalized spacial score (nSPS) is 13.1. The second kappa shape index (κ2) is 6.08. The first-order chi connectivity index (χ1) is 10.2. The molecule has 0 aliphatic heterocycles. The molecular weight excluding hydrogens is 282 g/mol. The van der Waals surface area contributed by atoms with E-state index in [2.05, 4.69) is 31.3 Å². The number of fused-ring (bicyclic) bond motifs is 3. The molecular formula is C18H20ClNO. The van der Waals surface area contributed by atoms with Crippen molar-refractivity contribution in [3.63, 3.8) is 0 Å². The Bertz CT molecular complexity index is 762. The van der Waals surface area contributed by atoms with Crippen LogP contribution in [0.1, 0.15) is 38.5 Å². The summed E-state index contributed by atoms with van der Waals surface area (Å²) in [6, 6.07) is 12.5. The van der Waals surface area contributed by atoms with Crippen LogP contribution in [0.2, 0.25) is 5.02 Å². The van der Waals surface area contributed by atoms with E-state index in [1.165, 1.54) is 0 Å². The minimum absolute atomic E-state index is 0.259. The molecule has 1 heterocycles. The van der Waals surface area contributed by atoms with Gasteiger partial charge in [0.25, 0.3) is 0 Å². The fraction of sp³-hybridized carbons (Fsp3) is 0.333.